The molecule has 2 aromatic carbocycles. The van der Waals surface area contributed by atoms with Crippen molar-refractivity contribution in [2.45, 2.75) is 19.6 Å². The summed E-state index contributed by atoms with van der Waals surface area (Å²) in [6.07, 6.45) is 0.192. The molecule has 110 valence electrons. The molecule has 5 heteroatoms. The number of hydrogen-bond acceptors (Lipinski definition) is 2. The summed E-state index contributed by atoms with van der Waals surface area (Å²) >= 11 is 11.9. The van der Waals surface area contributed by atoms with Crippen molar-refractivity contribution in [3.05, 3.63) is 69.2 Å². The molecule has 0 saturated heterocycles. The zero-order chi connectivity index (χ0) is 15.2. The summed E-state index contributed by atoms with van der Waals surface area (Å²) < 4.78 is 0. The molecule has 0 heterocycles. The minimum absolute atomic E-state index is 0.0466. The fourth-order valence-corrected chi connectivity index (χ4v) is 2.45. The van der Waals surface area contributed by atoms with Crippen molar-refractivity contribution in [2.75, 3.05) is 0 Å². The van der Waals surface area contributed by atoms with Crippen LogP contribution < -0.4 is 5.32 Å². The Bertz CT molecular complexity index is 644. The highest BCUT2D eigenvalue weighted by molar-refractivity contribution is 6.35. The van der Waals surface area contributed by atoms with Gasteiger partial charge in [-0.1, -0.05) is 53.5 Å². The minimum Gasteiger partial charge on any atom is -0.392 e. The predicted molar refractivity (Wildman–Crippen MR) is 84.4 cm³/mol. The molecule has 0 fully saturated rings. The van der Waals surface area contributed by atoms with Gasteiger partial charge in [-0.15, -0.1) is 0 Å². The van der Waals surface area contributed by atoms with Crippen LogP contribution in [0, 0.1) is 0 Å². The van der Waals surface area contributed by atoms with Gasteiger partial charge in [-0.05, 0) is 28.8 Å². The quantitative estimate of drug-likeness (QED) is 0.886. The van der Waals surface area contributed by atoms with E-state index in [0.29, 0.717) is 16.6 Å². The zero-order valence-corrected chi connectivity index (χ0v) is 12.8. The van der Waals surface area contributed by atoms with E-state index in [2.05, 4.69) is 5.32 Å². The van der Waals surface area contributed by atoms with Gasteiger partial charge in [-0.2, -0.15) is 0 Å². The van der Waals surface area contributed by atoms with Gasteiger partial charge in [0.25, 0.3) is 0 Å². The van der Waals surface area contributed by atoms with Crippen LogP contribution in [0.4, 0.5) is 0 Å². The number of benzene rings is 2. The van der Waals surface area contributed by atoms with Gasteiger partial charge in [-0.3, -0.25) is 4.79 Å². The molecule has 0 atom stereocenters. The molecule has 0 saturated carbocycles. The molecule has 0 aliphatic heterocycles. The van der Waals surface area contributed by atoms with Gasteiger partial charge in [0.15, 0.2) is 0 Å². The average molecular weight is 324 g/mol. The summed E-state index contributed by atoms with van der Waals surface area (Å²) in [4.78, 5) is 12.0. The van der Waals surface area contributed by atoms with Gasteiger partial charge in [0.1, 0.15) is 0 Å². The minimum atomic E-state index is -0.132. The molecule has 0 aliphatic carbocycles. The highest BCUT2D eigenvalue weighted by Gasteiger charge is 2.08. The van der Waals surface area contributed by atoms with E-state index in [1.54, 1.807) is 18.2 Å². The second kappa shape index (κ2) is 7.46. The molecule has 2 N–H and O–H groups in total. The number of nitrogens with one attached hydrogen (secondary N) is 1. The van der Waals surface area contributed by atoms with Crippen LogP contribution in [0.25, 0.3) is 0 Å². The number of amides is 1. The smallest absolute Gasteiger partial charge is 0.224 e. The van der Waals surface area contributed by atoms with E-state index in [1.807, 2.05) is 24.3 Å². The van der Waals surface area contributed by atoms with Crippen molar-refractivity contribution in [3.63, 3.8) is 0 Å². The maximum Gasteiger partial charge on any atom is 0.224 e. The molecule has 3 nitrogen and oxygen atoms in total. The normalized spacial score (nSPS) is 10.4. The molecule has 0 spiro atoms. The number of aliphatic hydroxyl groups is 1. The fourth-order valence-electron chi connectivity index (χ4n) is 1.98. The Balaban J connectivity index is 1.96. The third-order valence-corrected chi connectivity index (χ3v) is 3.72. The summed E-state index contributed by atoms with van der Waals surface area (Å²) in [5.41, 5.74) is 2.44. The number of carbonyl (C=O) groups is 1. The van der Waals surface area contributed by atoms with Crippen LogP contribution in [0.3, 0.4) is 0 Å². The summed E-state index contributed by atoms with van der Waals surface area (Å²) in [6.45, 7) is 0.329. The lowest BCUT2D eigenvalue weighted by atomic mass is 10.1. The number of hydrogen-bond donors (Lipinski definition) is 2. The van der Waals surface area contributed by atoms with Gasteiger partial charge < -0.3 is 10.4 Å². The maximum absolute atomic E-state index is 12.0. The van der Waals surface area contributed by atoms with E-state index in [-0.39, 0.29) is 18.9 Å². The van der Waals surface area contributed by atoms with Crippen LogP contribution in [-0.2, 0) is 24.4 Å². The highest BCUT2D eigenvalue weighted by Crippen LogP contribution is 2.21. The van der Waals surface area contributed by atoms with Crippen LogP contribution in [0.2, 0.25) is 10.0 Å². The monoisotopic (exact) mass is 323 g/mol. The fraction of sp³-hybridized carbons (Fsp3) is 0.188. The number of halogens is 2. The van der Waals surface area contributed by atoms with Crippen molar-refractivity contribution >= 4 is 29.1 Å². The Labute approximate surface area is 133 Å². The molecule has 21 heavy (non-hydrogen) atoms. The number of rotatable bonds is 5. The molecule has 0 bridgehead atoms. The van der Waals surface area contributed by atoms with Gasteiger partial charge in [0.05, 0.1) is 13.0 Å². The third-order valence-electron chi connectivity index (χ3n) is 3.13. The number of carbonyl (C=O) groups excluding carboxylic acids is 1. The second-order valence-corrected chi connectivity index (χ2v) is 5.46. The molecular formula is C16H15Cl2NO2. The summed E-state index contributed by atoms with van der Waals surface area (Å²) in [5, 5.41) is 13.1. The van der Waals surface area contributed by atoms with E-state index in [0.717, 1.165) is 16.7 Å². The van der Waals surface area contributed by atoms with Crippen LogP contribution in [0.15, 0.2) is 42.5 Å². The van der Waals surface area contributed by atoms with Crippen molar-refractivity contribution < 1.29 is 9.90 Å². The standard InChI is InChI=1S/C16H15Cl2NO2/c17-14-6-5-11(15(18)8-14)7-16(21)19-9-12-3-1-2-4-13(12)10-20/h1-6,8,20H,7,9-10H2,(H,19,21). The van der Waals surface area contributed by atoms with Crippen molar-refractivity contribution in [3.8, 4) is 0 Å². The van der Waals surface area contributed by atoms with E-state index < -0.39 is 0 Å². The number of aliphatic hydroxyl groups excluding tert-OH is 1. The zero-order valence-electron chi connectivity index (χ0n) is 11.3. The second-order valence-electron chi connectivity index (χ2n) is 4.62. The lowest BCUT2D eigenvalue weighted by Crippen LogP contribution is -2.25. The van der Waals surface area contributed by atoms with E-state index >= 15 is 0 Å². The molecule has 0 aliphatic rings. The SMILES string of the molecule is O=C(Cc1ccc(Cl)cc1Cl)NCc1ccccc1CO. The molecule has 0 aromatic heterocycles. The van der Waals surface area contributed by atoms with Gasteiger partial charge in [0.2, 0.25) is 5.91 Å². The van der Waals surface area contributed by atoms with Crippen LogP contribution in [0.1, 0.15) is 16.7 Å². The molecule has 0 unspecified atom stereocenters. The van der Waals surface area contributed by atoms with E-state index in [4.69, 9.17) is 23.2 Å². The molecule has 0 radical (unpaired) electrons. The van der Waals surface area contributed by atoms with Crippen LogP contribution >= 0.6 is 23.2 Å². The Morgan fingerprint density at radius 1 is 1.05 bits per heavy atom. The summed E-state index contributed by atoms with van der Waals surface area (Å²) in [5.74, 6) is -0.132. The predicted octanol–water partition coefficient (Wildman–Crippen LogP) is 3.34. The van der Waals surface area contributed by atoms with E-state index in [9.17, 15) is 9.90 Å². The first-order valence-corrected chi connectivity index (χ1v) is 7.24. The van der Waals surface area contributed by atoms with Crippen molar-refractivity contribution in [1.82, 2.24) is 5.32 Å². The van der Waals surface area contributed by atoms with Crippen molar-refractivity contribution in [2.24, 2.45) is 0 Å². The molecule has 2 aromatic rings. The lowest BCUT2D eigenvalue weighted by molar-refractivity contribution is -0.120. The first kappa shape index (κ1) is 15.8. The van der Waals surface area contributed by atoms with Crippen LogP contribution in [0.5, 0.6) is 0 Å². The topological polar surface area (TPSA) is 49.3 Å². The lowest BCUT2D eigenvalue weighted by Gasteiger charge is -2.09. The summed E-state index contributed by atoms with van der Waals surface area (Å²) in [6, 6.07) is 12.5. The maximum atomic E-state index is 12.0. The van der Waals surface area contributed by atoms with Gasteiger partial charge >= 0.3 is 0 Å². The van der Waals surface area contributed by atoms with Crippen LogP contribution in [-0.4, -0.2) is 11.0 Å². The van der Waals surface area contributed by atoms with Crippen molar-refractivity contribution in [1.29, 1.82) is 0 Å². The largest absolute Gasteiger partial charge is 0.392 e. The first-order valence-electron chi connectivity index (χ1n) is 6.48. The Hall–Kier alpha value is -1.55. The Morgan fingerprint density at radius 2 is 1.76 bits per heavy atom. The third kappa shape index (κ3) is 4.46. The highest BCUT2D eigenvalue weighted by atomic mass is 35.5. The Kier molecular flexibility index (Phi) is 5.62. The van der Waals surface area contributed by atoms with Gasteiger partial charge in [0, 0.05) is 16.6 Å². The molecule has 2 rings (SSSR count). The Morgan fingerprint density at radius 3 is 2.43 bits per heavy atom. The molecular weight excluding hydrogens is 309 g/mol. The molecule has 1 amide bonds. The van der Waals surface area contributed by atoms with Gasteiger partial charge in [-0.25, -0.2) is 0 Å². The summed E-state index contributed by atoms with van der Waals surface area (Å²) in [7, 11) is 0. The average Bonchev–Trinajstić information content (AvgIpc) is 2.48. The first-order chi connectivity index (χ1) is 10.1. The van der Waals surface area contributed by atoms with E-state index in [1.165, 1.54) is 0 Å².